The summed E-state index contributed by atoms with van der Waals surface area (Å²) < 4.78 is 13.8. The van der Waals surface area contributed by atoms with Crippen molar-refractivity contribution in [3.63, 3.8) is 0 Å². The summed E-state index contributed by atoms with van der Waals surface area (Å²) in [5.41, 5.74) is 0.550. The van der Waals surface area contributed by atoms with Gasteiger partial charge in [-0.25, -0.2) is 4.39 Å². The van der Waals surface area contributed by atoms with Crippen molar-refractivity contribution >= 4 is 23.2 Å². The van der Waals surface area contributed by atoms with Gasteiger partial charge in [0.05, 0.1) is 5.69 Å². The number of hydrogen-bond acceptors (Lipinski definition) is 3. The van der Waals surface area contributed by atoms with E-state index in [-0.39, 0.29) is 23.4 Å². The van der Waals surface area contributed by atoms with Gasteiger partial charge in [-0.15, -0.1) is 0 Å². The minimum Gasteiger partial charge on any atom is -0.326 e. The van der Waals surface area contributed by atoms with Gasteiger partial charge in [0.25, 0.3) is 0 Å². The van der Waals surface area contributed by atoms with Crippen LogP contribution in [-0.2, 0) is 9.59 Å². The van der Waals surface area contributed by atoms with Crippen LogP contribution in [0.3, 0.4) is 0 Å². The smallest absolute Gasteiger partial charge is 0.224 e. The van der Waals surface area contributed by atoms with E-state index in [1.807, 2.05) is 0 Å². The molecule has 1 aromatic rings. The lowest BCUT2D eigenvalue weighted by Gasteiger charge is -2.28. The first-order valence-electron chi connectivity index (χ1n) is 8.03. The third-order valence-corrected chi connectivity index (χ3v) is 4.21. The highest BCUT2D eigenvalue weighted by Gasteiger charge is 2.22. The predicted octanol–water partition coefficient (Wildman–Crippen LogP) is 2.75. The number of benzene rings is 1. The Morgan fingerprint density at radius 3 is 2.83 bits per heavy atom. The summed E-state index contributed by atoms with van der Waals surface area (Å²) in [4.78, 5) is 23.2. The van der Waals surface area contributed by atoms with Crippen LogP contribution >= 0.6 is 0 Å². The Kier molecular flexibility index (Phi) is 6.10. The minimum atomic E-state index is -0.514. The van der Waals surface area contributed by atoms with Gasteiger partial charge in [-0.2, -0.15) is 0 Å². The maximum Gasteiger partial charge on any atom is 0.224 e. The number of piperidine rings is 1. The Morgan fingerprint density at radius 2 is 2.17 bits per heavy atom. The Bertz CT molecular complexity index is 571. The summed E-state index contributed by atoms with van der Waals surface area (Å²) in [5, 5.41) is 8.52. The molecule has 1 aliphatic heterocycles. The maximum atomic E-state index is 13.8. The fraction of sp³-hybridized carbons (Fsp3) is 0.529. The van der Waals surface area contributed by atoms with E-state index in [4.69, 9.17) is 0 Å². The maximum absolute atomic E-state index is 13.8. The molecular weight excluding hydrogens is 297 g/mol. The summed E-state index contributed by atoms with van der Waals surface area (Å²) >= 11 is 0. The molecule has 2 unspecified atom stereocenters. The Hall–Kier alpha value is -1.95. The second-order valence-electron chi connectivity index (χ2n) is 6.21. The minimum absolute atomic E-state index is 0.0928. The molecule has 1 saturated heterocycles. The summed E-state index contributed by atoms with van der Waals surface area (Å²) in [6.45, 7) is 5.40. The second kappa shape index (κ2) is 8.06. The van der Waals surface area contributed by atoms with Gasteiger partial charge in [0.1, 0.15) is 5.82 Å². The van der Waals surface area contributed by atoms with Crippen LogP contribution in [0.15, 0.2) is 18.2 Å². The van der Waals surface area contributed by atoms with Crippen LogP contribution in [-0.4, -0.2) is 24.9 Å². The van der Waals surface area contributed by atoms with E-state index in [2.05, 4.69) is 22.9 Å². The topological polar surface area (TPSA) is 70.2 Å². The highest BCUT2D eigenvalue weighted by Crippen LogP contribution is 2.24. The molecule has 0 radical (unpaired) electrons. The van der Waals surface area contributed by atoms with Crippen LogP contribution in [0.5, 0.6) is 0 Å². The first kappa shape index (κ1) is 17.4. The van der Waals surface area contributed by atoms with Crippen molar-refractivity contribution in [3.05, 3.63) is 24.0 Å². The van der Waals surface area contributed by atoms with Gasteiger partial charge >= 0.3 is 0 Å². The summed E-state index contributed by atoms with van der Waals surface area (Å²) in [6, 6.07) is 4.12. The Morgan fingerprint density at radius 1 is 1.39 bits per heavy atom. The summed E-state index contributed by atoms with van der Waals surface area (Å²) in [7, 11) is 0. The third kappa shape index (κ3) is 5.32. The van der Waals surface area contributed by atoms with E-state index >= 15 is 0 Å². The molecule has 3 N–H and O–H groups in total. The van der Waals surface area contributed by atoms with Crippen molar-refractivity contribution < 1.29 is 14.0 Å². The zero-order valence-electron chi connectivity index (χ0n) is 13.6. The summed E-state index contributed by atoms with van der Waals surface area (Å²) in [6.07, 6.45) is 2.61. The molecule has 1 aliphatic rings. The Labute approximate surface area is 136 Å². The van der Waals surface area contributed by atoms with Crippen molar-refractivity contribution in [2.45, 2.75) is 33.1 Å². The molecular formula is C17H24FN3O2. The average molecular weight is 321 g/mol. The van der Waals surface area contributed by atoms with E-state index in [0.717, 1.165) is 25.9 Å². The number of carbonyl (C=O) groups is 2. The Balaban J connectivity index is 1.94. The molecule has 5 nitrogen and oxygen atoms in total. The molecule has 0 aromatic heterocycles. The van der Waals surface area contributed by atoms with E-state index in [0.29, 0.717) is 18.0 Å². The molecule has 2 atom stereocenters. The normalized spacial score (nSPS) is 19.0. The van der Waals surface area contributed by atoms with Gasteiger partial charge in [0, 0.05) is 19.0 Å². The quantitative estimate of drug-likeness (QED) is 0.781. The SMILES string of the molecule is CC(=O)Nc1ccc(F)c(NC(=O)CC(C)C2CCCNC2)c1. The molecule has 0 bridgehead atoms. The van der Waals surface area contributed by atoms with Crippen molar-refractivity contribution in [3.8, 4) is 0 Å². The van der Waals surface area contributed by atoms with Crippen molar-refractivity contribution in [2.75, 3.05) is 23.7 Å². The van der Waals surface area contributed by atoms with Gasteiger partial charge < -0.3 is 16.0 Å². The first-order valence-corrected chi connectivity index (χ1v) is 8.03. The van der Waals surface area contributed by atoms with Crippen LogP contribution < -0.4 is 16.0 Å². The molecule has 0 spiro atoms. The fourth-order valence-electron chi connectivity index (χ4n) is 2.93. The highest BCUT2D eigenvalue weighted by atomic mass is 19.1. The van der Waals surface area contributed by atoms with Gasteiger partial charge in [0.15, 0.2) is 0 Å². The number of hydrogen-bond donors (Lipinski definition) is 3. The summed E-state index contributed by atoms with van der Waals surface area (Å²) in [5.74, 6) is -0.247. The lowest BCUT2D eigenvalue weighted by Crippen LogP contribution is -2.34. The molecule has 126 valence electrons. The monoisotopic (exact) mass is 321 g/mol. The van der Waals surface area contributed by atoms with Crippen LogP contribution in [0.25, 0.3) is 0 Å². The van der Waals surface area contributed by atoms with Gasteiger partial charge in [0.2, 0.25) is 11.8 Å². The molecule has 0 aliphatic carbocycles. The largest absolute Gasteiger partial charge is 0.326 e. The number of nitrogens with one attached hydrogen (secondary N) is 3. The highest BCUT2D eigenvalue weighted by molar-refractivity contribution is 5.93. The fourth-order valence-corrected chi connectivity index (χ4v) is 2.93. The molecule has 1 heterocycles. The van der Waals surface area contributed by atoms with Crippen LogP contribution in [0, 0.1) is 17.7 Å². The molecule has 0 saturated carbocycles. The van der Waals surface area contributed by atoms with E-state index < -0.39 is 5.82 Å². The molecule has 2 rings (SSSR count). The third-order valence-electron chi connectivity index (χ3n) is 4.21. The van der Waals surface area contributed by atoms with Crippen LogP contribution in [0.4, 0.5) is 15.8 Å². The second-order valence-corrected chi connectivity index (χ2v) is 6.21. The van der Waals surface area contributed by atoms with Crippen LogP contribution in [0.2, 0.25) is 0 Å². The average Bonchev–Trinajstić information content (AvgIpc) is 2.51. The van der Waals surface area contributed by atoms with Gasteiger partial charge in [-0.05, 0) is 56.0 Å². The lowest BCUT2D eigenvalue weighted by molar-refractivity contribution is -0.117. The van der Waals surface area contributed by atoms with Crippen molar-refractivity contribution in [2.24, 2.45) is 11.8 Å². The standard InChI is InChI=1S/C17H24FN3O2/c1-11(13-4-3-7-19-10-13)8-17(23)21-16-9-14(20-12(2)22)5-6-15(16)18/h5-6,9,11,13,19H,3-4,7-8,10H2,1-2H3,(H,20,22)(H,21,23). The first-order chi connectivity index (χ1) is 11.0. The number of halogens is 1. The zero-order valence-corrected chi connectivity index (χ0v) is 13.6. The van der Waals surface area contributed by atoms with E-state index in [1.54, 1.807) is 0 Å². The zero-order chi connectivity index (χ0) is 16.8. The molecule has 1 fully saturated rings. The number of anilines is 2. The van der Waals surface area contributed by atoms with Gasteiger partial charge in [-0.1, -0.05) is 6.92 Å². The molecule has 1 aromatic carbocycles. The molecule has 23 heavy (non-hydrogen) atoms. The molecule has 2 amide bonds. The number of carbonyl (C=O) groups excluding carboxylic acids is 2. The van der Waals surface area contributed by atoms with E-state index in [9.17, 15) is 14.0 Å². The van der Waals surface area contributed by atoms with Crippen molar-refractivity contribution in [1.29, 1.82) is 0 Å². The number of amides is 2. The lowest BCUT2D eigenvalue weighted by atomic mass is 9.85. The van der Waals surface area contributed by atoms with Crippen LogP contribution in [0.1, 0.15) is 33.1 Å². The van der Waals surface area contributed by atoms with Crippen molar-refractivity contribution in [1.82, 2.24) is 5.32 Å². The molecule has 6 heteroatoms. The van der Waals surface area contributed by atoms with E-state index in [1.165, 1.54) is 25.1 Å². The number of rotatable bonds is 5. The van der Waals surface area contributed by atoms with Gasteiger partial charge in [-0.3, -0.25) is 9.59 Å². The predicted molar refractivity (Wildman–Crippen MR) is 88.7 cm³/mol.